The van der Waals surface area contributed by atoms with Gasteiger partial charge in [-0.05, 0) is 42.0 Å². The molecule has 0 aliphatic carbocycles. The molecule has 0 saturated carbocycles. The molecule has 0 saturated heterocycles. The number of rotatable bonds is 4. The first kappa shape index (κ1) is 14.2. The van der Waals surface area contributed by atoms with E-state index in [4.69, 9.17) is 16.3 Å². The summed E-state index contributed by atoms with van der Waals surface area (Å²) in [5.74, 6) is 0.385. The third-order valence-corrected chi connectivity index (χ3v) is 3.28. The largest absolute Gasteiger partial charge is 0.495 e. The minimum atomic E-state index is -0.342. The van der Waals surface area contributed by atoms with Crippen molar-refractivity contribution in [3.8, 4) is 5.75 Å². The second kappa shape index (κ2) is 6.26. The highest BCUT2D eigenvalue weighted by Crippen LogP contribution is 2.28. The van der Waals surface area contributed by atoms with Gasteiger partial charge in [-0.2, -0.15) is 0 Å². The van der Waals surface area contributed by atoms with Gasteiger partial charge in [0.05, 0.1) is 12.8 Å². The molecule has 0 radical (unpaired) electrons. The number of hydrogen-bond donors (Lipinski definition) is 1. The Bertz CT molecular complexity index is 571. The highest BCUT2D eigenvalue weighted by Gasteiger charge is 2.04. The van der Waals surface area contributed by atoms with Crippen LogP contribution in [0.25, 0.3) is 0 Å². The fourth-order valence-corrected chi connectivity index (χ4v) is 2.33. The lowest BCUT2D eigenvalue weighted by atomic mass is 10.2. The highest BCUT2D eigenvalue weighted by molar-refractivity contribution is 9.10. The number of halogens is 3. The first-order valence-electron chi connectivity index (χ1n) is 5.61. The first-order chi connectivity index (χ1) is 9.08. The van der Waals surface area contributed by atoms with E-state index in [9.17, 15) is 4.39 Å². The molecule has 0 unspecified atom stereocenters. The Kier molecular flexibility index (Phi) is 4.66. The molecule has 0 heterocycles. The monoisotopic (exact) mass is 343 g/mol. The minimum absolute atomic E-state index is 0.342. The summed E-state index contributed by atoms with van der Waals surface area (Å²) in [5.41, 5.74) is 1.60. The van der Waals surface area contributed by atoms with Crippen LogP contribution in [-0.4, -0.2) is 7.11 Å². The lowest BCUT2D eigenvalue weighted by Crippen LogP contribution is -2.02. The second-order valence-corrected chi connectivity index (χ2v) is 5.33. The van der Waals surface area contributed by atoms with Crippen molar-refractivity contribution in [3.05, 3.63) is 57.3 Å². The van der Waals surface area contributed by atoms with Crippen LogP contribution in [0.1, 0.15) is 5.56 Å². The zero-order valence-electron chi connectivity index (χ0n) is 10.2. The van der Waals surface area contributed by atoms with Crippen molar-refractivity contribution in [2.75, 3.05) is 12.4 Å². The van der Waals surface area contributed by atoms with Gasteiger partial charge in [0.15, 0.2) is 0 Å². The normalized spacial score (nSPS) is 10.3. The van der Waals surface area contributed by atoms with Crippen molar-refractivity contribution >= 4 is 33.2 Å². The van der Waals surface area contributed by atoms with E-state index in [1.54, 1.807) is 13.2 Å². The Balaban J connectivity index is 2.16. The molecule has 5 heteroatoms. The summed E-state index contributed by atoms with van der Waals surface area (Å²) in [5, 5.41) is 3.58. The maximum atomic E-state index is 13.2. The molecule has 100 valence electrons. The van der Waals surface area contributed by atoms with Crippen LogP contribution in [0.2, 0.25) is 5.02 Å². The van der Waals surface area contributed by atoms with Crippen molar-refractivity contribution in [2.45, 2.75) is 6.54 Å². The quantitative estimate of drug-likeness (QED) is 0.855. The van der Waals surface area contributed by atoms with Crippen molar-refractivity contribution in [3.63, 3.8) is 0 Å². The fourth-order valence-electron chi connectivity index (χ4n) is 1.73. The van der Waals surface area contributed by atoms with Crippen LogP contribution in [0.4, 0.5) is 10.1 Å². The Hall–Kier alpha value is -1.26. The zero-order valence-corrected chi connectivity index (χ0v) is 12.6. The van der Waals surface area contributed by atoms with E-state index in [1.807, 2.05) is 18.2 Å². The first-order valence-corrected chi connectivity index (χ1v) is 6.78. The maximum Gasteiger partial charge on any atom is 0.142 e. The molecule has 2 aromatic carbocycles. The van der Waals surface area contributed by atoms with Crippen LogP contribution < -0.4 is 10.1 Å². The summed E-state index contributed by atoms with van der Waals surface area (Å²) in [7, 11) is 1.60. The summed E-state index contributed by atoms with van der Waals surface area (Å²) in [6.07, 6.45) is 0. The van der Waals surface area contributed by atoms with Gasteiger partial charge < -0.3 is 10.1 Å². The summed E-state index contributed by atoms with van der Waals surface area (Å²) in [6.45, 7) is 0.463. The molecule has 0 aliphatic heterocycles. The van der Waals surface area contributed by atoms with E-state index >= 15 is 0 Å². The fraction of sp³-hybridized carbons (Fsp3) is 0.143. The Morgan fingerprint density at radius 1 is 1.26 bits per heavy atom. The van der Waals surface area contributed by atoms with E-state index in [0.29, 0.717) is 11.6 Å². The highest BCUT2D eigenvalue weighted by atomic mass is 79.9. The van der Waals surface area contributed by atoms with E-state index in [1.165, 1.54) is 12.1 Å². The number of nitrogens with one attached hydrogen (secondary N) is 1. The molecule has 0 aliphatic rings. The maximum absolute atomic E-state index is 13.2. The van der Waals surface area contributed by atoms with Gasteiger partial charge >= 0.3 is 0 Å². The van der Waals surface area contributed by atoms with Crippen LogP contribution in [0, 0.1) is 5.82 Å². The van der Waals surface area contributed by atoms with Crippen LogP contribution in [0.3, 0.4) is 0 Å². The predicted octanol–water partition coefficient (Wildman–Crippen LogP) is 4.86. The van der Waals surface area contributed by atoms with Crippen LogP contribution >= 0.6 is 27.5 Å². The second-order valence-electron chi connectivity index (χ2n) is 3.98. The van der Waals surface area contributed by atoms with Gasteiger partial charge in [0.1, 0.15) is 11.6 Å². The van der Waals surface area contributed by atoms with E-state index in [-0.39, 0.29) is 5.82 Å². The lowest BCUT2D eigenvalue weighted by molar-refractivity contribution is 0.416. The molecule has 0 atom stereocenters. The number of hydrogen-bond acceptors (Lipinski definition) is 2. The van der Waals surface area contributed by atoms with Gasteiger partial charge in [-0.15, -0.1) is 0 Å². The molecule has 19 heavy (non-hydrogen) atoms. The number of anilines is 1. The van der Waals surface area contributed by atoms with Gasteiger partial charge in [-0.1, -0.05) is 27.5 Å². The van der Waals surface area contributed by atoms with Crippen LogP contribution in [0.15, 0.2) is 40.9 Å². The molecule has 0 bridgehead atoms. The molecule has 2 nitrogen and oxygen atoms in total. The van der Waals surface area contributed by atoms with Crippen LogP contribution in [-0.2, 0) is 6.54 Å². The van der Waals surface area contributed by atoms with Crippen LogP contribution in [0.5, 0.6) is 5.75 Å². The summed E-state index contributed by atoms with van der Waals surface area (Å²) >= 11 is 9.21. The van der Waals surface area contributed by atoms with Gasteiger partial charge in [0.2, 0.25) is 0 Å². The molecule has 2 rings (SSSR count). The minimum Gasteiger partial charge on any atom is -0.495 e. The summed E-state index contributed by atoms with van der Waals surface area (Å²) < 4.78 is 19.4. The predicted molar refractivity (Wildman–Crippen MR) is 79.4 cm³/mol. The standard InChI is InChI=1S/C14H12BrClFNO/c1-19-14-3-2-10(15)6-13(14)18-8-9-4-11(16)7-12(17)5-9/h2-7,18H,8H2,1H3. The van der Waals surface area contributed by atoms with Gasteiger partial charge in [0.25, 0.3) is 0 Å². The Morgan fingerprint density at radius 2 is 2.05 bits per heavy atom. The number of benzene rings is 2. The third kappa shape index (κ3) is 3.85. The van der Waals surface area contributed by atoms with Crippen molar-refractivity contribution < 1.29 is 9.13 Å². The molecule has 0 aromatic heterocycles. The van der Waals surface area contributed by atoms with Gasteiger partial charge in [-0.25, -0.2) is 4.39 Å². The Labute approximate surface area is 124 Å². The van der Waals surface area contributed by atoms with Crippen molar-refractivity contribution in [1.29, 1.82) is 0 Å². The average Bonchev–Trinajstić information content (AvgIpc) is 2.35. The molecule has 0 spiro atoms. The Morgan fingerprint density at radius 3 is 2.74 bits per heavy atom. The van der Waals surface area contributed by atoms with Gasteiger partial charge in [-0.3, -0.25) is 0 Å². The molecule has 0 fully saturated rings. The summed E-state index contributed by atoms with van der Waals surface area (Å²) in [6, 6.07) is 10.1. The molecule has 0 amide bonds. The third-order valence-electron chi connectivity index (χ3n) is 2.57. The topological polar surface area (TPSA) is 21.3 Å². The molecular formula is C14H12BrClFNO. The van der Waals surface area contributed by atoms with E-state index in [0.717, 1.165) is 21.5 Å². The average molecular weight is 345 g/mol. The molecule has 2 aromatic rings. The SMILES string of the molecule is COc1ccc(Br)cc1NCc1cc(F)cc(Cl)c1. The van der Waals surface area contributed by atoms with E-state index in [2.05, 4.69) is 21.2 Å². The van der Waals surface area contributed by atoms with Gasteiger partial charge in [0, 0.05) is 16.0 Å². The number of ether oxygens (including phenoxy) is 1. The van der Waals surface area contributed by atoms with E-state index < -0.39 is 0 Å². The smallest absolute Gasteiger partial charge is 0.142 e. The number of methoxy groups -OCH3 is 1. The lowest BCUT2D eigenvalue weighted by Gasteiger charge is -2.12. The molecular weight excluding hydrogens is 333 g/mol. The van der Waals surface area contributed by atoms with Crippen molar-refractivity contribution in [1.82, 2.24) is 0 Å². The van der Waals surface area contributed by atoms with Crippen molar-refractivity contribution in [2.24, 2.45) is 0 Å². The molecule has 1 N–H and O–H groups in total. The zero-order chi connectivity index (χ0) is 13.8. The summed E-state index contributed by atoms with van der Waals surface area (Å²) in [4.78, 5) is 0.